The highest BCUT2D eigenvalue weighted by molar-refractivity contribution is 5.24. The van der Waals surface area contributed by atoms with E-state index in [1.165, 1.54) is 63.4 Å². The molecule has 2 heteroatoms. The minimum absolute atomic E-state index is 0.608. The molecule has 0 aliphatic heterocycles. The summed E-state index contributed by atoms with van der Waals surface area (Å²) in [6, 6.07) is 4.42. The molecule has 1 unspecified atom stereocenters. The van der Waals surface area contributed by atoms with E-state index in [1.807, 2.05) is 6.20 Å². The van der Waals surface area contributed by atoms with Crippen LogP contribution in [0.2, 0.25) is 0 Å². The molecule has 2 aliphatic carbocycles. The van der Waals surface area contributed by atoms with Crippen molar-refractivity contribution in [1.82, 2.24) is 4.98 Å². The van der Waals surface area contributed by atoms with E-state index in [2.05, 4.69) is 23.3 Å². The zero-order valence-electron chi connectivity index (χ0n) is 12.6. The molecule has 20 heavy (non-hydrogen) atoms. The van der Waals surface area contributed by atoms with Gasteiger partial charge in [-0.15, -0.1) is 0 Å². The second-order valence-corrected chi connectivity index (χ2v) is 6.92. The number of pyridine rings is 1. The molecule has 3 rings (SSSR count). The normalized spacial score (nSPS) is 31.9. The molecule has 2 saturated carbocycles. The van der Waals surface area contributed by atoms with Crippen LogP contribution in [-0.2, 0) is 0 Å². The summed E-state index contributed by atoms with van der Waals surface area (Å²) in [7, 11) is 0. The number of nitrogens with two attached hydrogens (primary N) is 1. The quantitative estimate of drug-likeness (QED) is 0.753. The predicted molar refractivity (Wildman–Crippen MR) is 83.5 cm³/mol. The number of fused-ring (bicyclic) bond motifs is 2. The highest BCUT2D eigenvalue weighted by Crippen LogP contribution is 2.64. The minimum Gasteiger partial charge on any atom is -0.330 e. The molecule has 1 aromatic heterocycles. The van der Waals surface area contributed by atoms with Crippen LogP contribution < -0.4 is 5.73 Å². The van der Waals surface area contributed by atoms with Gasteiger partial charge in [-0.25, -0.2) is 0 Å². The first kappa shape index (κ1) is 14.1. The first-order chi connectivity index (χ1) is 9.86. The zero-order valence-corrected chi connectivity index (χ0v) is 12.6. The highest BCUT2D eigenvalue weighted by atomic mass is 14.6. The highest BCUT2D eigenvalue weighted by Gasteiger charge is 2.53. The number of aromatic nitrogens is 1. The molecular weight excluding hydrogens is 244 g/mol. The van der Waals surface area contributed by atoms with E-state index in [1.54, 1.807) is 0 Å². The maximum Gasteiger partial charge on any atom is 0.0302 e. The van der Waals surface area contributed by atoms with Gasteiger partial charge in [0.1, 0.15) is 0 Å². The average Bonchev–Trinajstić information content (AvgIpc) is 3.03. The molecule has 2 bridgehead atoms. The van der Waals surface area contributed by atoms with Gasteiger partial charge >= 0.3 is 0 Å². The minimum atomic E-state index is 0.608. The van der Waals surface area contributed by atoms with Crippen LogP contribution in [0.5, 0.6) is 0 Å². The SMILES string of the molecule is NCCCCCCC12CCC(CC1)C2c1cccnc1. The number of rotatable bonds is 7. The van der Waals surface area contributed by atoms with Gasteiger partial charge < -0.3 is 5.73 Å². The summed E-state index contributed by atoms with van der Waals surface area (Å²) in [5.41, 5.74) is 7.70. The van der Waals surface area contributed by atoms with Crippen molar-refractivity contribution in [1.29, 1.82) is 0 Å². The van der Waals surface area contributed by atoms with Crippen molar-refractivity contribution in [2.75, 3.05) is 6.54 Å². The summed E-state index contributed by atoms with van der Waals surface area (Å²) >= 11 is 0. The molecule has 0 radical (unpaired) electrons. The maximum atomic E-state index is 5.58. The molecule has 1 heterocycles. The summed E-state index contributed by atoms with van der Waals surface area (Å²) in [6.45, 7) is 0.853. The van der Waals surface area contributed by atoms with E-state index in [4.69, 9.17) is 5.73 Å². The number of hydrogen-bond acceptors (Lipinski definition) is 2. The molecule has 0 saturated heterocycles. The van der Waals surface area contributed by atoms with Crippen LogP contribution in [0.1, 0.15) is 69.3 Å². The monoisotopic (exact) mass is 272 g/mol. The fourth-order valence-electron chi connectivity index (χ4n) is 4.93. The van der Waals surface area contributed by atoms with Crippen LogP contribution in [-0.4, -0.2) is 11.5 Å². The summed E-state index contributed by atoms with van der Waals surface area (Å²) in [6.07, 6.45) is 16.5. The molecular formula is C18H28N2. The van der Waals surface area contributed by atoms with Crippen LogP contribution in [0.25, 0.3) is 0 Å². The lowest BCUT2D eigenvalue weighted by molar-refractivity contribution is 0.237. The fourth-order valence-corrected chi connectivity index (χ4v) is 4.93. The standard InChI is InChI=1S/C18H28N2/c19-12-4-2-1-3-9-18-10-7-15(8-11-18)17(18)16-6-5-13-20-14-16/h5-6,13-15,17H,1-4,7-12,19H2. The van der Waals surface area contributed by atoms with Crippen molar-refractivity contribution < 1.29 is 0 Å². The van der Waals surface area contributed by atoms with Gasteiger partial charge in [-0.2, -0.15) is 0 Å². The Bertz CT molecular complexity index is 407. The third kappa shape index (κ3) is 2.63. The van der Waals surface area contributed by atoms with Gasteiger partial charge in [0.25, 0.3) is 0 Å². The Morgan fingerprint density at radius 1 is 1.15 bits per heavy atom. The molecule has 0 aromatic carbocycles. The topological polar surface area (TPSA) is 38.9 Å². The Balaban J connectivity index is 1.64. The third-order valence-electron chi connectivity index (χ3n) is 5.83. The van der Waals surface area contributed by atoms with E-state index in [9.17, 15) is 0 Å². The average molecular weight is 272 g/mol. The van der Waals surface area contributed by atoms with Gasteiger partial charge in [0.2, 0.25) is 0 Å². The Morgan fingerprint density at radius 2 is 1.95 bits per heavy atom. The lowest BCUT2D eigenvalue weighted by Gasteiger charge is -2.32. The van der Waals surface area contributed by atoms with Crippen molar-refractivity contribution in [2.24, 2.45) is 17.1 Å². The Morgan fingerprint density at radius 3 is 2.65 bits per heavy atom. The van der Waals surface area contributed by atoms with E-state index < -0.39 is 0 Å². The molecule has 1 aromatic rings. The molecule has 0 spiro atoms. The Kier molecular flexibility index (Phi) is 4.40. The molecule has 110 valence electrons. The lowest BCUT2D eigenvalue weighted by Crippen LogP contribution is -2.21. The summed E-state index contributed by atoms with van der Waals surface area (Å²) in [5.74, 6) is 1.73. The smallest absolute Gasteiger partial charge is 0.0302 e. The zero-order chi connectivity index (χ0) is 13.8. The summed E-state index contributed by atoms with van der Waals surface area (Å²) in [4.78, 5) is 4.36. The summed E-state index contributed by atoms with van der Waals surface area (Å²) in [5, 5.41) is 0. The molecule has 2 nitrogen and oxygen atoms in total. The van der Waals surface area contributed by atoms with Crippen LogP contribution in [0.15, 0.2) is 24.5 Å². The van der Waals surface area contributed by atoms with Crippen molar-refractivity contribution >= 4 is 0 Å². The fraction of sp³-hybridized carbons (Fsp3) is 0.722. The number of unbranched alkanes of at least 4 members (excludes halogenated alkanes) is 3. The Labute approximate surface area is 123 Å². The van der Waals surface area contributed by atoms with Crippen LogP contribution >= 0.6 is 0 Å². The molecule has 2 fully saturated rings. The second-order valence-electron chi connectivity index (χ2n) is 6.92. The van der Waals surface area contributed by atoms with Gasteiger partial charge in [0, 0.05) is 12.4 Å². The van der Waals surface area contributed by atoms with E-state index in [-0.39, 0.29) is 0 Å². The van der Waals surface area contributed by atoms with E-state index >= 15 is 0 Å². The molecule has 1 atom stereocenters. The second kappa shape index (κ2) is 6.26. The van der Waals surface area contributed by atoms with E-state index in [0.717, 1.165) is 18.4 Å². The lowest BCUT2D eigenvalue weighted by atomic mass is 9.72. The maximum absolute atomic E-state index is 5.58. The van der Waals surface area contributed by atoms with Crippen LogP contribution in [0.4, 0.5) is 0 Å². The Hall–Kier alpha value is -0.890. The summed E-state index contributed by atoms with van der Waals surface area (Å²) < 4.78 is 0. The van der Waals surface area contributed by atoms with Gasteiger partial charge in [-0.05, 0) is 74.0 Å². The number of hydrogen-bond donors (Lipinski definition) is 1. The molecule has 2 N–H and O–H groups in total. The van der Waals surface area contributed by atoms with Crippen LogP contribution in [0, 0.1) is 11.3 Å². The van der Waals surface area contributed by atoms with Gasteiger partial charge in [0.15, 0.2) is 0 Å². The van der Waals surface area contributed by atoms with Crippen molar-refractivity contribution in [3.63, 3.8) is 0 Å². The van der Waals surface area contributed by atoms with Crippen molar-refractivity contribution in [2.45, 2.75) is 63.7 Å². The van der Waals surface area contributed by atoms with Crippen LogP contribution in [0.3, 0.4) is 0 Å². The molecule has 2 aliphatic rings. The van der Waals surface area contributed by atoms with E-state index in [0.29, 0.717) is 5.41 Å². The third-order valence-corrected chi connectivity index (χ3v) is 5.83. The number of nitrogens with zero attached hydrogens (tertiary/aromatic N) is 1. The predicted octanol–water partition coefficient (Wildman–Crippen LogP) is 4.26. The largest absolute Gasteiger partial charge is 0.330 e. The van der Waals surface area contributed by atoms with Gasteiger partial charge in [-0.1, -0.05) is 25.3 Å². The van der Waals surface area contributed by atoms with Crippen molar-refractivity contribution in [3.05, 3.63) is 30.1 Å². The molecule has 0 amide bonds. The van der Waals surface area contributed by atoms with Gasteiger partial charge in [-0.3, -0.25) is 4.98 Å². The first-order valence-electron chi connectivity index (χ1n) is 8.46. The van der Waals surface area contributed by atoms with Crippen molar-refractivity contribution in [3.8, 4) is 0 Å². The van der Waals surface area contributed by atoms with Gasteiger partial charge in [0.05, 0.1) is 0 Å². The first-order valence-corrected chi connectivity index (χ1v) is 8.46.